The molecule has 8 heteroatoms. The molecular weight excluding hydrogens is 276 g/mol. The van der Waals surface area contributed by atoms with Gasteiger partial charge in [-0.1, -0.05) is 11.6 Å². The molecule has 0 aliphatic rings. The summed E-state index contributed by atoms with van der Waals surface area (Å²) in [5.41, 5.74) is 0.239. The Morgan fingerprint density at radius 1 is 1.47 bits per heavy atom. The molecule has 17 heavy (non-hydrogen) atoms. The topological polar surface area (TPSA) is 55.4 Å². The van der Waals surface area contributed by atoms with Crippen LogP contribution < -0.4 is 9.46 Å². The zero-order chi connectivity index (χ0) is 13.1. The second kappa shape index (κ2) is 5.61. The highest BCUT2D eigenvalue weighted by molar-refractivity contribution is 7.88. The first-order valence-electron chi connectivity index (χ1n) is 4.46. The van der Waals surface area contributed by atoms with E-state index in [2.05, 4.69) is 9.46 Å². The van der Waals surface area contributed by atoms with Crippen molar-refractivity contribution in [3.8, 4) is 5.75 Å². The average molecular weight is 286 g/mol. The molecule has 4 nitrogen and oxygen atoms in total. The molecule has 0 bridgehead atoms. The standard InChI is InChI=1S/C9H10ClF2NO3S/c1-17(14,15)13-5-6-4-7(10)2-3-8(6)16-9(11)12/h2-4,9,13H,5H2,1H3. The maximum atomic E-state index is 12.1. The third-order valence-electron chi connectivity index (χ3n) is 1.76. The quantitative estimate of drug-likeness (QED) is 0.900. The lowest BCUT2D eigenvalue weighted by Crippen LogP contribution is -2.21. The maximum Gasteiger partial charge on any atom is 0.387 e. The van der Waals surface area contributed by atoms with Gasteiger partial charge < -0.3 is 4.74 Å². The van der Waals surface area contributed by atoms with Gasteiger partial charge in [0.1, 0.15) is 5.75 Å². The maximum absolute atomic E-state index is 12.1. The molecule has 0 radical (unpaired) electrons. The van der Waals surface area contributed by atoms with Gasteiger partial charge in [0, 0.05) is 17.1 Å². The lowest BCUT2D eigenvalue weighted by atomic mass is 10.2. The van der Waals surface area contributed by atoms with E-state index >= 15 is 0 Å². The number of nitrogens with one attached hydrogen (secondary N) is 1. The molecule has 0 saturated carbocycles. The fraction of sp³-hybridized carbons (Fsp3) is 0.333. The summed E-state index contributed by atoms with van der Waals surface area (Å²) in [5, 5.41) is 0.303. The van der Waals surface area contributed by atoms with Crippen LogP contribution in [-0.4, -0.2) is 21.3 Å². The number of alkyl halides is 2. The minimum atomic E-state index is -3.42. The first-order chi connectivity index (χ1) is 7.78. The third-order valence-corrected chi connectivity index (χ3v) is 2.67. The van der Waals surface area contributed by atoms with E-state index in [-0.39, 0.29) is 17.9 Å². The second-order valence-corrected chi connectivity index (χ2v) is 5.49. The van der Waals surface area contributed by atoms with Gasteiger partial charge in [0.05, 0.1) is 6.26 Å². The highest BCUT2D eigenvalue weighted by atomic mass is 35.5. The highest BCUT2D eigenvalue weighted by Crippen LogP contribution is 2.24. The van der Waals surface area contributed by atoms with Crippen molar-refractivity contribution in [2.75, 3.05) is 6.26 Å². The Morgan fingerprint density at radius 3 is 2.65 bits per heavy atom. The van der Waals surface area contributed by atoms with E-state index in [0.717, 1.165) is 6.26 Å². The van der Waals surface area contributed by atoms with Crippen molar-refractivity contribution in [3.05, 3.63) is 28.8 Å². The molecule has 0 saturated heterocycles. The monoisotopic (exact) mass is 285 g/mol. The van der Waals surface area contributed by atoms with Gasteiger partial charge in [0.15, 0.2) is 0 Å². The smallest absolute Gasteiger partial charge is 0.387 e. The van der Waals surface area contributed by atoms with Gasteiger partial charge in [-0.15, -0.1) is 0 Å². The fourth-order valence-corrected chi connectivity index (χ4v) is 1.72. The average Bonchev–Trinajstić information content (AvgIpc) is 2.16. The number of hydrogen-bond acceptors (Lipinski definition) is 3. The predicted molar refractivity (Wildman–Crippen MR) is 59.8 cm³/mol. The van der Waals surface area contributed by atoms with Crippen molar-refractivity contribution in [1.29, 1.82) is 0 Å². The number of halogens is 3. The Hall–Kier alpha value is -0.920. The van der Waals surface area contributed by atoms with Gasteiger partial charge in [-0.05, 0) is 18.2 Å². The third kappa shape index (κ3) is 5.29. The molecule has 1 aromatic rings. The Labute approximate surface area is 103 Å². The molecule has 1 aromatic carbocycles. The number of benzene rings is 1. The Bertz CT molecular complexity index is 493. The van der Waals surface area contributed by atoms with E-state index < -0.39 is 16.6 Å². The zero-order valence-corrected chi connectivity index (χ0v) is 10.4. The highest BCUT2D eigenvalue weighted by Gasteiger charge is 2.11. The van der Waals surface area contributed by atoms with Crippen LogP contribution >= 0.6 is 11.6 Å². The van der Waals surface area contributed by atoms with E-state index in [9.17, 15) is 17.2 Å². The largest absolute Gasteiger partial charge is 0.434 e. The lowest BCUT2D eigenvalue weighted by Gasteiger charge is -2.11. The molecule has 0 aromatic heterocycles. The first-order valence-corrected chi connectivity index (χ1v) is 6.73. The summed E-state index contributed by atoms with van der Waals surface area (Å²) in [6.45, 7) is -3.14. The summed E-state index contributed by atoms with van der Waals surface area (Å²) in [6.07, 6.45) is 0.963. The summed E-state index contributed by atoms with van der Waals surface area (Å²) in [4.78, 5) is 0. The van der Waals surface area contributed by atoms with E-state index in [4.69, 9.17) is 11.6 Å². The summed E-state index contributed by atoms with van der Waals surface area (Å²) in [6, 6.07) is 3.99. The van der Waals surface area contributed by atoms with Crippen LogP contribution in [0.25, 0.3) is 0 Å². The summed E-state index contributed by atoms with van der Waals surface area (Å²) in [7, 11) is -3.42. The van der Waals surface area contributed by atoms with Crippen molar-refractivity contribution >= 4 is 21.6 Å². The van der Waals surface area contributed by atoms with Gasteiger partial charge >= 0.3 is 6.61 Å². The van der Waals surface area contributed by atoms with Gasteiger partial charge in [-0.2, -0.15) is 8.78 Å². The number of sulfonamides is 1. The molecule has 0 heterocycles. The number of ether oxygens (including phenoxy) is 1. The van der Waals surface area contributed by atoms with Crippen LogP contribution in [-0.2, 0) is 16.6 Å². The summed E-state index contributed by atoms with van der Waals surface area (Å²) >= 11 is 5.68. The van der Waals surface area contributed by atoms with Crippen LogP contribution in [0.1, 0.15) is 5.56 Å². The molecule has 0 atom stereocenters. The zero-order valence-electron chi connectivity index (χ0n) is 8.78. The van der Waals surface area contributed by atoms with Crippen LogP contribution in [0.3, 0.4) is 0 Å². The summed E-state index contributed by atoms with van der Waals surface area (Å²) < 4.78 is 52.3. The molecule has 96 valence electrons. The molecule has 1 rings (SSSR count). The molecule has 0 aliphatic carbocycles. The van der Waals surface area contributed by atoms with Crippen LogP contribution in [0.2, 0.25) is 5.02 Å². The van der Waals surface area contributed by atoms with Crippen molar-refractivity contribution in [2.24, 2.45) is 0 Å². The Balaban J connectivity index is 2.91. The minimum absolute atomic E-state index is 0.111. The number of rotatable bonds is 5. The van der Waals surface area contributed by atoms with E-state index in [0.29, 0.717) is 5.02 Å². The molecule has 0 amide bonds. The second-order valence-electron chi connectivity index (χ2n) is 3.22. The van der Waals surface area contributed by atoms with Gasteiger partial charge in [0.2, 0.25) is 10.0 Å². The molecule has 0 aliphatic heterocycles. The van der Waals surface area contributed by atoms with Crippen molar-refractivity contribution in [2.45, 2.75) is 13.2 Å². The van der Waals surface area contributed by atoms with E-state index in [1.54, 1.807) is 0 Å². The van der Waals surface area contributed by atoms with E-state index in [1.165, 1.54) is 18.2 Å². The molecule has 1 N–H and O–H groups in total. The summed E-state index contributed by atoms with van der Waals surface area (Å²) in [5.74, 6) is -0.111. The molecular formula is C9H10ClF2NO3S. The van der Waals surface area contributed by atoms with Crippen LogP contribution in [0.15, 0.2) is 18.2 Å². The Morgan fingerprint density at radius 2 is 2.12 bits per heavy atom. The van der Waals surface area contributed by atoms with Crippen LogP contribution in [0.5, 0.6) is 5.75 Å². The van der Waals surface area contributed by atoms with Crippen LogP contribution in [0, 0.1) is 0 Å². The van der Waals surface area contributed by atoms with Crippen LogP contribution in [0.4, 0.5) is 8.78 Å². The first kappa shape index (κ1) is 14.1. The number of hydrogen-bond donors (Lipinski definition) is 1. The van der Waals surface area contributed by atoms with Crippen molar-refractivity contribution in [3.63, 3.8) is 0 Å². The Kier molecular flexibility index (Phi) is 4.67. The molecule has 0 spiro atoms. The van der Waals surface area contributed by atoms with Crippen molar-refractivity contribution in [1.82, 2.24) is 4.72 Å². The van der Waals surface area contributed by atoms with Crippen molar-refractivity contribution < 1.29 is 21.9 Å². The molecule has 0 fully saturated rings. The molecule has 0 unspecified atom stereocenters. The SMILES string of the molecule is CS(=O)(=O)NCc1cc(Cl)ccc1OC(F)F. The fourth-order valence-electron chi connectivity index (χ4n) is 1.11. The van der Waals surface area contributed by atoms with Gasteiger partial charge in [-0.3, -0.25) is 0 Å². The van der Waals surface area contributed by atoms with Gasteiger partial charge in [0.25, 0.3) is 0 Å². The van der Waals surface area contributed by atoms with Gasteiger partial charge in [-0.25, -0.2) is 13.1 Å². The lowest BCUT2D eigenvalue weighted by molar-refractivity contribution is -0.0504. The normalized spacial score (nSPS) is 11.8. The minimum Gasteiger partial charge on any atom is -0.434 e. The predicted octanol–water partition coefficient (Wildman–Crippen LogP) is 1.99. The van der Waals surface area contributed by atoms with E-state index in [1.807, 2.05) is 0 Å².